The van der Waals surface area contributed by atoms with Crippen molar-refractivity contribution < 1.29 is 15.3 Å². The van der Waals surface area contributed by atoms with Crippen LogP contribution in [0.15, 0.2) is 21.9 Å². The summed E-state index contributed by atoms with van der Waals surface area (Å²) in [7, 11) is 0. The number of aliphatic hydroxyl groups is 3. The maximum Gasteiger partial charge on any atom is 0.328 e. The molecule has 1 heterocycles. The maximum atomic E-state index is 11.5. The topological polar surface area (TPSA) is 116 Å². The first-order valence-electron chi connectivity index (χ1n) is 5.33. The van der Waals surface area contributed by atoms with Crippen LogP contribution < -0.4 is 11.2 Å². The summed E-state index contributed by atoms with van der Waals surface area (Å²) >= 11 is 0. The number of rotatable bonds is 2. The molecule has 17 heavy (non-hydrogen) atoms. The minimum absolute atomic E-state index is 0.257. The van der Waals surface area contributed by atoms with E-state index >= 15 is 0 Å². The van der Waals surface area contributed by atoms with Gasteiger partial charge < -0.3 is 15.3 Å². The van der Waals surface area contributed by atoms with Crippen LogP contribution in [0.25, 0.3) is 0 Å². The van der Waals surface area contributed by atoms with Crippen LogP contribution in [0.2, 0.25) is 0 Å². The average molecular weight is 242 g/mol. The lowest BCUT2D eigenvalue weighted by molar-refractivity contribution is -0.00455. The highest BCUT2D eigenvalue weighted by Crippen LogP contribution is 2.33. The first kappa shape index (κ1) is 12.0. The number of hydrogen-bond acceptors (Lipinski definition) is 5. The summed E-state index contributed by atoms with van der Waals surface area (Å²) in [5, 5.41) is 28.4. The Bertz CT molecular complexity index is 508. The van der Waals surface area contributed by atoms with Crippen molar-refractivity contribution in [2.75, 3.05) is 6.61 Å². The van der Waals surface area contributed by atoms with Crippen LogP contribution in [0, 0.1) is 5.92 Å². The molecule has 1 aromatic rings. The standard InChI is InChI=1S/C10H14N2O5/c13-4-5-3-6(9(16)8(5)15)12-2-1-7(14)11-10(12)17/h1-2,5-6,8-9,13,15-16H,3-4H2,(H,11,14,17)/t5-,6-,8-,9-/m1/s1. The summed E-state index contributed by atoms with van der Waals surface area (Å²) in [5.74, 6) is -0.464. The second-order valence-electron chi connectivity index (χ2n) is 4.24. The molecular formula is C10H14N2O5. The first-order valence-corrected chi connectivity index (χ1v) is 5.33. The number of nitrogens with zero attached hydrogens (tertiary/aromatic N) is 1. The van der Waals surface area contributed by atoms with Gasteiger partial charge in [-0.25, -0.2) is 4.79 Å². The number of hydrogen-bond donors (Lipinski definition) is 4. The maximum absolute atomic E-state index is 11.5. The van der Waals surface area contributed by atoms with E-state index < -0.39 is 35.4 Å². The molecule has 1 aromatic heterocycles. The molecule has 4 atom stereocenters. The van der Waals surface area contributed by atoms with Crippen LogP contribution in [-0.2, 0) is 0 Å². The van der Waals surface area contributed by atoms with Gasteiger partial charge in [-0.15, -0.1) is 0 Å². The molecule has 7 nitrogen and oxygen atoms in total. The third-order valence-corrected chi connectivity index (χ3v) is 3.21. The minimum Gasteiger partial charge on any atom is -0.396 e. The lowest BCUT2D eigenvalue weighted by Crippen LogP contribution is -2.37. The highest BCUT2D eigenvalue weighted by atomic mass is 16.3. The molecule has 0 bridgehead atoms. The Morgan fingerprint density at radius 1 is 1.35 bits per heavy atom. The highest BCUT2D eigenvalue weighted by Gasteiger charge is 2.42. The lowest BCUT2D eigenvalue weighted by Gasteiger charge is -2.18. The van der Waals surface area contributed by atoms with Crippen LogP contribution in [0.1, 0.15) is 12.5 Å². The highest BCUT2D eigenvalue weighted by molar-refractivity contribution is 4.97. The molecule has 1 aliphatic rings. The Hall–Kier alpha value is -1.44. The van der Waals surface area contributed by atoms with Gasteiger partial charge in [0.2, 0.25) is 0 Å². The summed E-state index contributed by atoms with van der Waals surface area (Å²) in [6, 6.07) is 0.541. The van der Waals surface area contributed by atoms with Gasteiger partial charge in [0.15, 0.2) is 0 Å². The summed E-state index contributed by atoms with van der Waals surface area (Å²) < 4.78 is 1.17. The fraction of sp³-hybridized carbons (Fsp3) is 0.600. The Kier molecular flexibility index (Phi) is 3.14. The summed E-state index contributed by atoms with van der Waals surface area (Å²) in [5.41, 5.74) is -1.15. The van der Waals surface area contributed by atoms with Crippen molar-refractivity contribution in [1.82, 2.24) is 9.55 Å². The predicted octanol–water partition coefficient (Wildman–Crippen LogP) is -2.19. The van der Waals surface area contributed by atoms with Crippen molar-refractivity contribution >= 4 is 0 Å². The zero-order valence-corrected chi connectivity index (χ0v) is 8.98. The molecular weight excluding hydrogens is 228 g/mol. The third kappa shape index (κ3) is 2.04. The molecule has 7 heteroatoms. The van der Waals surface area contributed by atoms with E-state index in [1.165, 1.54) is 16.8 Å². The van der Waals surface area contributed by atoms with Gasteiger partial charge in [-0.05, 0) is 6.42 Å². The monoisotopic (exact) mass is 242 g/mol. The van der Waals surface area contributed by atoms with Crippen LogP contribution in [0.3, 0.4) is 0 Å². The van der Waals surface area contributed by atoms with Gasteiger partial charge in [-0.3, -0.25) is 14.3 Å². The molecule has 0 amide bonds. The van der Waals surface area contributed by atoms with E-state index in [9.17, 15) is 19.8 Å². The molecule has 0 aromatic carbocycles. The molecule has 4 N–H and O–H groups in total. The molecule has 1 aliphatic carbocycles. The SMILES string of the molecule is O=c1ccn([C@@H]2C[C@H](CO)[C@@H](O)[C@@H]2O)c(=O)[nH]1. The zero-order chi connectivity index (χ0) is 12.6. The van der Waals surface area contributed by atoms with Gasteiger partial charge in [-0.2, -0.15) is 0 Å². The van der Waals surface area contributed by atoms with Crippen molar-refractivity contribution in [3.8, 4) is 0 Å². The molecule has 0 unspecified atom stereocenters. The van der Waals surface area contributed by atoms with E-state index in [-0.39, 0.29) is 13.0 Å². The first-order chi connectivity index (χ1) is 8.04. The fourth-order valence-electron chi connectivity index (χ4n) is 2.24. The number of aromatic amines is 1. The van der Waals surface area contributed by atoms with E-state index in [2.05, 4.69) is 4.98 Å². The molecule has 0 spiro atoms. The Morgan fingerprint density at radius 2 is 2.06 bits per heavy atom. The van der Waals surface area contributed by atoms with Crippen LogP contribution in [0.4, 0.5) is 0 Å². The fourth-order valence-corrected chi connectivity index (χ4v) is 2.24. The van der Waals surface area contributed by atoms with Crippen molar-refractivity contribution in [2.24, 2.45) is 5.92 Å². The van der Waals surface area contributed by atoms with E-state index in [0.29, 0.717) is 0 Å². The van der Waals surface area contributed by atoms with Crippen molar-refractivity contribution in [2.45, 2.75) is 24.7 Å². The van der Waals surface area contributed by atoms with Crippen molar-refractivity contribution in [1.29, 1.82) is 0 Å². The van der Waals surface area contributed by atoms with Gasteiger partial charge in [0, 0.05) is 24.8 Å². The van der Waals surface area contributed by atoms with Gasteiger partial charge in [0.1, 0.15) is 6.10 Å². The molecule has 1 fully saturated rings. The Morgan fingerprint density at radius 3 is 2.59 bits per heavy atom. The Balaban J connectivity index is 2.35. The molecule has 2 rings (SSSR count). The third-order valence-electron chi connectivity index (χ3n) is 3.21. The van der Waals surface area contributed by atoms with Crippen molar-refractivity contribution in [3.05, 3.63) is 33.1 Å². The van der Waals surface area contributed by atoms with Gasteiger partial charge in [0.05, 0.1) is 12.1 Å². The van der Waals surface area contributed by atoms with E-state index in [1.54, 1.807) is 0 Å². The zero-order valence-electron chi connectivity index (χ0n) is 8.98. The molecule has 0 saturated heterocycles. The number of nitrogens with one attached hydrogen (secondary N) is 1. The van der Waals surface area contributed by atoms with Gasteiger partial charge in [0.25, 0.3) is 5.56 Å². The molecule has 1 saturated carbocycles. The van der Waals surface area contributed by atoms with Crippen molar-refractivity contribution in [3.63, 3.8) is 0 Å². The van der Waals surface area contributed by atoms with E-state index in [4.69, 9.17) is 5.11 Å². The predicted molar refractivity (Wildman–Crippen MR) is 57.6 cm³/mol. The number of aromatic nitrogens is 2. The van der Waals surface area contributed by atoms with Gasteiger partial charge in [-0.1, -0.05) is 0 Å². The van der Waals surface area contributed by atoms with E-state index in [1.807, 2.05) is 0 Å². The smallest absolute Gasteiger partial charge is 0.328 e. The normalized spacial score (nSPS) is 32.9. The minimum atomic E-state index is -1.13. The second-order valence-corrected chi connectivity index (χ2v) is 4.24. The van der Waals surface area contributed by atoms with E-state index in [0.717, 1.165) is 0 Å². The summed E-state index contributed by atoms with van der Waals surface area (Å²) in [4.78, 5) is 24.5. The number of aliphatic hydroxyl groups excluding tert-OH is 3. The van der Waals surface area contributed by atoms with Crippen LogP contribution >= 0.6 is 0 Å². The largest absolute Gasteiger partial charge is 0.396 e. The second kappa shape index (κ2) is 4.44. The number of H-pyrrole nitrogens is 1. The van der Waals surface area contributed by atoms with Crippen LogP contribution in [-0.4, -0.2) is 43.7 Å². The summed E-state index contributed by atoms with van der Waals surface area (Å²) in [6.45, 7) is -0.257. The Labute approximate surface area is 96.0 Å². The van der Waals surface area contributed by atoms with Crippen LogP contribution in [0.5, 0.6) is 0 Å². The molecule has 0 aliphatic heterocycles. The average Bonchev–Trinajstić information content (AvgIpc) is 2.57. The summed E-state index contributed by atoms with van der Waals surface area (Å²) in [6.07, 6.45) is -0.633. The molecule has 94 valence electrons. The van der Waals surface area contributed by atoms with Gasteiger partial charge >= 0.3 is 5.69 Å². The quantitative estimate of drug-likeness (QED) is 0.470. The lowest BCUT2D eigenvalue weighted by atomic mass is 10.1. The molecule has 0 radical (unpaired) electrons.